The fourth-order valence-corrected chi connectivity index (χ4v) is 4.57. The van der Waals surface area contributed by atoms with Gasteiger partial charge in [0.2, 0.25) is 0 Å². The summed E-state index contributed by atoms with van der Waals surface area (Å²) in [5.41, 5.74) is 3.56. The zero-order valence-electron chi connectivity index (χ0n) is 16.5. The third-order valence-corrected chi connectivity index (χ3v) is 6.30. The first-order valence-corrected chi connectivity index (χ1v) is 11.3. The number of fused-ring (bicyclic) bond motifs is 3. The van der Waals surface area contributed by atoms with Gasteiger partial charge in [0.05, 0.1) is 10.6 Å². The third kappa shape index (κ3) is 4.48. The fraction of sp³-hybridized carbons (Fsp3) is 0.0833. The van der Waals surface area contributed by atoms with Crippen LogP contribution in [0.15, 0.2) is 89.8 Å². The molecule has 0 unspecified atom stereocenters. The van der Waals surface area contributed by atoms with E-state index in [-0.39, 0.29) is 34.5 Å². The molecule has 1 heterocycles. The van der Waals surface area contributed by atoms with E-state index in [4.69, 9.17) is 0 Å². The van der Waals surface area contributed by atoms with Crippen LogP contribution in [-0.2, 0) is 23.0 Å². The molecule has 0 fully saturated rings. The second-order valence-electron chi connectivity index (χ2n) is 7.40. The van der Waals surface area contributed by atoms with Crippen LogP contribution in [0.1, 0.15) is 11.1 Å². The van der Waals surface area contributed by atoms with Crippen LogP contribution in [0.2, 0.25) is 0 Å². The van der Waals surface area contributed by atoms with Crippen LogP contribution >= 0.6 is 0 Å². The molecule has 5 rings (SSSR count). The number of hydrogen-bond acceptors (Lipinski definition) is 4. The molecule has 32 heavy (non-hydrogen) atoms. The Kier molecular flexibility index (Phi) is 6.46. The van der Waals surface area contributed by atoms with Crippen molar-refractivity contribution in [2.75, 3.05) is 0 Å². The Labute approximate surface area is 207 Å². The van der Waals surface area contributed by atoms with Gasteiger partial charge in [0, 0.05) is 5.39 Å². The van der Waals surface area contributed by atoms with Crippen molar-refractivity contribution in [3.05, 3.63) is 96.1 Å². The van der Waals surface area contributed by atoms with E-state index in [1.807, 2.05) is 66.7 Å². The topological polar surface area (TPSA) is 85.1 Å². The number of nitrogens with zero attached hydrogens (tertiary/aromatic N) is 3. The van der Waals surface area contributed by atoms with Gasteiger partial charge in [-0.15, -0.1) is 10.2 Å². The van der Waals surface area contributed by atoms with E-state index in [0.29, 0.717) is 29.6 Å². The molecule has 0 aliphatic carbocycles. The quantitative estimate of drug-likeness (QED) is 0.322. The van der Waals surface area contributed by atoms with E-state index in [2.05, 4.69) is 10.2 Å². The average Bonchev–Trinajstić information content (AvgIpc) is 3.23. The third-order valence-electron chi connectivity index (χ3n) is 5.36. The maximum atomic E-state index is 12.1. The van der Waals surface area contributed by atoms with Gasteiger partial charge >= 0.3 is 29.6 Å². The van der Waals surface area contributed by atoms with E-state index < -0.39 is 10.1 Å². The van der Waals surface area contributed by atoms with Crippen LogP contribution in [-0.4, -0.2) is 57.5 Å². The van der Waals surface area contributed by atoms with Crippen LogP contribution in [0, 0.1) is 0 Å². The van der Waals surface area contributed by atoms with Crippen molar-refractivity contribution in [2.24, 2.45) is 0 Å². The van der Waals surface area contributed by atoms with Crippen LogP contribution in [0.3, 0.4) is 0 Å². The Morgan fingerprint density at radius 2 is 1.56 bits per heavy atom. The van der Waals surface area contributed by atoms with E-state index in [1.54, 1.807) is 12.1 Å². The molecule has 5 aromatic rings. The standard InChI is InChI=1S/C24H19N3O3S.Na.H/c28-31(29,30)23-16-20(14-12-19(23)11-10-17-6-2-1-3-7-17)27-25-22-15-13-18-8-4-5-9-21(18)24(22)26-27;;/h1-9,12-16H,10-11H2,(H,28,29,30);;. The monoisotopic (exact) mass is 453 g/mol. The van der Waals surface area contributed by atoms with E-state index in [9.17, 15) is 13.0 Å². The summed E-state index contributed by atoms with van der Waals surface area (Å²) in [6.45, 7) is 0. The molecule has 0 saturated heterocycles. The van der Waals surface area contributed by atoms with E-state index in [1.165, 1.54) is 10.9 Å². The Hall–Kier alpha value is -2.55. The van der Waals surface area contributed by atoms with Gasteiger partial charge in [0.25, 0.3) is 10.1 Å². The predicted octanol–water partition coefficient (Wildman–Crippen LogP) is 3.96. The van der Waals surface area contributed by atoms with Crippen molar-refractivity contribution in [3.8, 4) is 5.69 Å². The number of benzene rings is 4. The molecule has 0 atom stereocenters. The van der Waals surface area contributed by atoms with Gasteiger partial charge in [-0.1, -0.05) is 66.7 Å². The zero-order chi connectivity index (χ0) is 21.4. The van der Waals surface area contributed by atoms with Gasteiger partial charge in [-0.05, 0) is 47.6 Å². The molecule has 6 nitrogen and oxygen atoms in total. The van der Waals surface area contributed by atoms with Crippen molar-refractivity contribution in [1.29, 1.82) is 0 Å². The van der Waals surface area contributed by atoms with Crippen molar-refractivity contribution < 1.29 is 13.0 Å². The SMILES string of the molecule is O=S(=O)(O)c1cc(-n2nc3ccc4ccccc4c3n2)ccc1CCc1ccccc1.[NaH]. The normalized spacial score (nSPS) is 11.5. The van der Waals surface area contributed by atoms with Gasteiger partial charge in [-0.25, -0.2) is 0 Å². The molecule has 0 spiro atoms. The molecular weight excluding hydrogens is 433 g/mol. The van der Waals surface area contributed by atoms with Crippen molar-refractivity contribution in [2.45, 2.75) is 17.7 Å². The van der Waals surface area contributed by atoms with E-state index in [0.717, 1.165) is 21.9 Å². The van der Waals surface area contributed by atoms with Crippen LogP contribution < -0.4 is 0 Å². The molecule has 4 aromatic carbocycles. The molecule has 8 heteroatoms. The Morgan fingerprint density at radius 3 is 2.34 bits per heavy atom. The molecule has 0 bridgehead atoms. The molecule has 0 radical (unpaired) electrons. The average molecular weight is 453 g/mol. The summed E-state index contributed by atoms with van der Waals surface area (Å²) in [6, 6.07) is 26.5. The van der Waals surface area contributed by atoms with E-state index >= 15 is 0 Å². The fourth-order valence-electron chi connectivity index (χ4n) is 3.80. The molecule has 0 amide bonds. The van der Waals surface area contributed by atoms with Crippen LogP contribution in [0.4, 0.5) is 0 Å². The summed E-state index contributed by atoms with van der Waals surface area (Å²) in [7, 11) is -4.40. The van der Waals surface area contributed by atoms with Gasteiger partial charge in [0.15, 0.2) is 0 Å². The van der Waals surface area contributed by atoms with Crippen molar-refractivity contribution in [3.63, 3.8) is 0 Å². The first-order chi connectivity index (χ1) is 15.0. The predicted molar refractivity (Wildman–Crippen MR) is 127 cm³/mol. The van der Waals surface area contributed by atoms with Gasteiger partial charge < -0.3 is 0 Å². The van der Waals surface area contributed by atoms with Crippen LogP contribution in [0.25, 0.3) is 27.5 Å². The van der Waals surface area contributed by atoms with Crippen molar-refractivity contribution in [1.82, 2.24) is 15.0 Å². The summed E-state index contributed by atoms with van der Waals surface area (Å²) in [5, 5.41) is 11.1. The summed E-state index contributed by atoms with van der Waals surface area (Å²) in [4.78, 5) is 1.29. The molecule has 0 aliphatic rings. The number of aryl methyl sites for hydroxylation is 2. The van der Waals surface area contributed by atoms with Gasteiger partial charge in [0.1, 0.15) is 11.0 Å². The van der Waals surface area contributed by atoms with Crippen molar-refractivity contribution >= 4 is 61.5 Å². The Bertz CT molecular complexity index is 1520. The van der Waals surface area contributed by atoms with Gasteiger partial charge in [-0.3, -0.25) is 4.55 Å². The summed E-state index contributed by atoms with van der Waals surface area (Å²) in [6.07, 6.45) is 1.15. The molecule has 1 N–H and O–H groups in total. The summed E-state index contributed by atoms with van der Waals surface area (Å²) < 4.78 is 34.0. The Morgan fingerprint density at radius 1 is 0.812 bits per heavy atom. The maximum absolute atomic E-state index is 12.1. The number of hydrogen-bond donors (Lipinski definition) is 1. The first-order valence-electron chi connectivity index (χ1n) is 9.88. The molecule has 0 saturated carbocycles. The molecule has 156 valence electrons. The van der Waals surface area contributed by atoms with Crippen LogP contribution in [0.5, 0.6) is 0 Å². The molecular formula is C24H20N3NaO3S. The summed E-state index contributed by atoms with van der Waals surface area (Å²) in [5.74, 6) is 0. The number of aromatic nitrogens is 3. The second kappa shape index (κ2) is 9.13. The first kappa shape index (κ1) is 22.6. The summed E-state index contributed by atoms with van der Waals surface area (Å²) >= 11 is 0. The zero-order valence-corrected chi connectivity index (χ0v) is 17.3. The number of rotatable bonds is 5. The molecule has 0 aliphatic heterocycles. The minimum absolute atomic E-state index is 0. The Balaban J connectivity index is 0.00000245. The van der Waals surface area contributed by atoms with Gasteiger partial charge in [-0.2, -0.15) is 13.2 Å². The molecule has 1 aromatic heterocycles. The minimum atomic E-state index is -4.40. The second-order valence-corrected chi connectivity index (χ2v) is 8.79.